The van der Waals surface area contributed by atoms with Gasteiger partial charge in [-0.2, -0.15) is 0 Å². The molecule has 0 amide bonds. The van der Waals surface area contributed by atoms with Crippen molar-refractivity contribution in [3.8, 4) is 0 Å². The number of carbonyl (C=O) groups excluding carboxylic acids is 1. The third-order valence-electron chi connectivity index (χ3n) is 6.09. The van der Waals surface area contributed by atoms with Gasteiger partial charge in [0.25, 0.3) is 0 Å². The number of Topliss-reactive ketones (excluding diaryl/α,β-unsaturated/α-hetero) is 1. The Morgan fingerprint density at radius 1 is 1.10 bits per heavy atom. The lowest BCUT2D eigenvalue weighted by Crippen LogP contribution is -2.30. The highest BCUT2D eigenvalue weighted by Crippen LogP contribution is 2.56. The topological polar surface area (TPSA) is 43.1 Å². The fourth-order valence-corrected chi connectivity index (χ4v) is 5.14. The van der Waals surface area contributed by atoms with Crippen LogP contribution in [0.25, 0.3) is 0 Å². The largest absolute Gasteiger partial charge is 0.330 e. The van der Waals surface area contributed by atoms with Gasteiger partial charge in [0, 0.05) is 12.0 Å². The van der Waals surface area contributed by atoms with Gasteiger partial charge in [0.1, 0.15) is 0 Å². The summed E-state index contributed by atoms with van der Waals surface area (Å²) in [5.74, 6) is 4.01. The molecule has 2 heteroatoms. The van der Waals surface area contributed by atoms with Crippen molar-refractivity contribution in [3.05, 3.63) is 34.9 Å². The zero-order valence-electron chi connectivity index (χ0n) is 12.0. The van der Waals surface area contributed by atoms with E-state index in [2.05, 4.69) is 12.1 Å². The predicted octanol–water partition coefficient (Wildman–Crippen LogP) is 2.98. The molecular formula is C18H23NO. The number of carbonyl (C=O) groups is 1. The third-order valence-corrected chi connectivity index (χ3v) is 6.09. The molecule has 3 aliphatic rings. The van der Waals surface area contributed by atoms with E-state index in [0.717, 1.165) is 29.2 Å². The third kappa shape index (κ3) is 1.85. The highest BCUT2D eigenvalue weighted by Gasteiger charge is 2.48. The van der Waals surface area contributed by atoms with Gasteiger partial charge in [-0.15, -0.1) is 0 Å². The molecule has 3 aliphatic carbocycles. The van der Waals surface area contributed by atoms with Crippen LogP contribution >= 0.6 is 0 Å². The molecule has 2 N–H and O–H groups in total. The fourth-order valence-electron chi connectivity index (χ4n) is 5.14. The van der Waals surface area contributed by atoms with Crippen molar-refractivity contribution >= 4 is 5.78 Å². The molecule has 0 spiro atoms. The number of fused-ring (bicyclic) bond motifs is 6. The van der Waals surface area contributed by atoms with Crippen molar-refractivity contribution in [2.45, 2.75) is 38.5 Å². The Hall–Kier alpha value is -1.15. The fraction of sp³-hybridized carbons (Fsp3) is 0.611. The summed E-state index contributed by atoms with van der Waals surface area (Å²) >= 11 is 0. The van der Waals surface area contributed by atoms with Crippen LogP contribution < -0.4 is 5.73 Å². The van der Waals surface area contributed by atoms with E-state index in [1.807, 2.05) is 6.07 Å². The summed E-state index contributed by atoms with van der Waals surface area (Å²) in [5.41, 5.74) is 9.31. The van der Waals surface area contributed by atoms with E-state index in [0.29, 0.717) is 13.0 Å². The molecule has 0 radical (unpaired) electrons. The van der Waals surface area contributed by atoms with E-state index in [1.165, 1.54) is 43.2 Å². The minimum atomic E-state index is 0.199. The molecule has 0 saturated heterocycles. The first kappa shape index (κ1) is 12.6. The minimum Gasteiger partial charge on any atom is -0.330 e. The second-order valence-electron chi connectivity index (χ2n) is 7.01. The molecule has 4 atom stereocenters. The summed E-state index contributed by atoms with van der Waals surface area (Å²) in [5, 5.41) is 0. The van der Waals surface area contributed by atoms with E-state index < -0.39 is 0 Å². The summed E-state index contributed by atoms with van der Waals surface area (Å²) in [6.45, 7) is 0.449. The second kappa shape index (κ2) is 4.70. The van der Waals surface area contributed by atoms with Gasteiger partial charge in [-0.1, -0.05) is 12.1 Å². The Bertz CT molecular complexity index is 550. The molecule has 2 nitrogen and oxygen atoms in total. The molecule has 0 aromatic heterocycles. The Labute approximate surface area is 120 Å². The first-order valence-electron chi connectivity index (χ1n) is 8.11. The van der Waals surface area contributed by atoms with Crippen molar-refractivity contribution in [2.75, 3.05) is 6.54 Å². The minimum absolute atomic E-state index is 0.199. The highest BCUT2D eigenvalue weighted by atomic mass is 16.1. The lowest BCUT2D eigenvalue weighted by Gasteiger charge is -2.36. The van der Waals surface area contributed by atoms with Gasteiger partial charge in [-0.05, 0) is 79.5 Å². The van der Waals surface area contributed by atoms with E-state index in [4.69, 9.17) is 5.73 Å². The van der Waals surface area contributed by atoms with Crippen LogP contribution in [-0.2, 0) is 12.8 Å². The van der Waals surface area contributed by atoms with Gasteiger partial charge in [0.15, 0.2) is 5.78 Å². The number of hydrogen-bond acceptors (Lipinski definition) is 2. The van der Waals surface area contributed by atoms with Crippen LogP contribution in [0.5, 0.6) is 0 Å². The van der Waals surface area contributed by atoms with E-state index in [-0.39, 0.29) is 5.78 Å². The molecule has 1 aromatic carbocycles. The van der Waals surface area contributed by atoms with Crippen LogP contribution in [0.15, 0.2) is 18.2 Å². The van der Waals surface area contributed by atoms with E-state index >= 15 is 0 Å². The normalized spacial score (nSPS) is 33.9. The standard InChI is InChI=1S/C18H23NO/c19-6-5-18(20)14-4-1-11-9-16-12-2-3-13(7-12)17(16)10-15(11)8-14/h1,4,8,12-13,16-17H,2-3,5-7,9-10,19H2. The van der Waals surface area contributed by atoms with Crippen molar-refractivity contribution < 1.29 is 4.79 Å². The molecule has 20 heavy (non-hydrogen) atoms. The number of benzene rings is 1. The summed E-state index contributed by atoms with van der Waals surface area (Å²) < 4.78 is 0. The Kier molecular flexibility index (Phi) is 2.95. The quantitative estimate of drug-likeness (QED) is 0.857. The molecular weight excluding hydrogens is 246 g/mol. The molecule has 4 rings (SSSR count). The van der Waals surface area contributed by atoms with Crippen molar-refractivity contribution in [1.82, 2.24) is 0 Å². The van der Waals surface area contributed by atoms with Crippen molar-refractivity contribution in [1.29, 1.82) is 0 Å². The zero-order valence-corrected chi connectivity index (χ0v) is 12.0. The second-order valence-corrected chi connectivity index (χ2v) is 7.01. The van der Waals surface area contributed by atoms with Gasteiger partial charge >= 0.3 is 0 Å². The van der Waals surface area contributed by atoms with Gasteiger partial charge in [-0.25, -0.2) is 0 Å². The zero-order chi connectivity index (χ0) is 13.7. The Morgan fingerprint density at radius 2 is 1.80 bits per heavy atom. The van der Waals surface area contributed by atoms with Crippen LogP contribution in [0.1, 0.15) is 47.2 Å². The van der Waals surface area contributed by atoms with Crippen LogP contribution in [0.4, 0.5) is 0 Å². The van der Waals surface area contributed by atoms with Gasteiger partial charge in [0.2, 0.25) is 0 Å². The molecule has 2 saturated carbocycles. The van der Waals surface area contributed by atoms with Gasteiger partial charge < -0.3 is 5.73 Å². The Balaban J connectivity index is 1.62. The summed E-state index contributed by atoms with van der Waals surface area (Å²) in [4.78, 5) is 12.0. The summed E-state index contributed by atoms with van der Waals surface area (Å²) in [6, 6.07) is 6.39. The van der Waals surface area contributed by atoms with Crippen LogP contribution in [0.2, 0.25) is 0 Å². The average molecular weight is 269 g/mol. The smallest absolute Gasteiger partial charge is 0.164 e. The number of ketones is 1. The van der Waals surface area contributed by atoms with Gasteiger partial charge in [0.05, 0.1) is 0 Å². The van der Waals surface area contributed by atoms with Gasteiger partial charge in [-0.3, -0.25) is 4.79 Å². The summed E-state index contributed by atoms with van der Waals surface area (Å²) in [6.07, 6.45) is 7.33. The van der Waals surface area contributed by atoms with E-state index in [9.17, 15) is 4.79 Å². The lowest BCUT2D eigenvalue weighted by atomic mass is 9.68. The molecule has 0 aliphatic heterocycles. The maximum Gasteiger partial charge on any atom is 0.164 e. The Morgan fingerprint density at radius 3 is 2.50 bits per heavy atom. The average Bonchev–Trinajstić information content (AvgIpc) is 3.06. The molecule has 2 bridgehead atoms. The maximum absolute atomic E-state index is 12.0. The number of hydrogen-bond donors (Lipinski definition) is 1. The predicted molar refractivity (Wildman–Crippen MR) is 79.7 cm³/mol. The van der Waals surface area contributed by atoms with Crippen molar-refractivity contribution in [3.63, 3.8) is 0 Å². The molecule has 1 aromatic rings. The monoisotopic (exact) mass is 269 g/mol. The lowest BCUT2D eigenvalue weighted by molar-refractivity contribution is 0.0985. The molecule has 106 valence electrons. The SMILES string of the molecule is NCCC(=O)c1ccc2c(c1)CC1C3CCC(C3)C1C2. The molecule has 0 heterocycles. The molecule has 2 fully saturated rings. The maximum atomic E-state index is 12.0. The highest BCUT2D eigenvalue weighted by molar-refractivity contribution is 5.96. The summed E-state index contributed by atoms with van der Waals surface area (Å²) in [7, 11) is 0. The van der Waals surface area contributed by atoms with E-state index in [1.54, 1.807) is 0 Å². The number of rotatable bonds is 3. The van der Waals surface area contributed by atoms with Crippen LogP contribution in [0.3, 0.4) is 0 Å². The number of nitrogens with two attached hydrogens (primary N) is 1. The van der Waals surface area contributed by atoms with Crippen LogP contribution in [0, 0.1) is 23.7 Å². The first-order valence-corrected chi connectivity index (χ1v) is 8.11. The van der Waals surface area contributed by atoms with Crippen molar-refractivity contribution in [2.24, 2.45) is 29.4 Å². The molecule has 4 unspecified atom stereocenters. The van der Waals surface area contributed by atoms with Crippen LogP contribution in [-0.4, -0.2) is 12.3 Å². The first-order chi connectivity index (χ1) is 9.76.